The minimum atomic E-state index is -0.763. The molecule has 0 heterocycles. The van der Waals surface area contributed by atoms with Gasteiger partial charge in [0.05, 0.1) is 12.7 Å². The Hall–Kier alpha value is -2.26. The Balaban J connectivity index is 2.06. The molecule has 1 N–H and O–H groups in total. The first kappa shape index (κ1) is 19.1. The van der Waals surface area contributed by atoms with Crippen molar-refractivity contribution in [2.75, 3.05) is 19.8 Å². The highest BCUT2D eigenvalue weighted by Crippen LogP contribution is 2.14. The second-order valence-corrected chi connectivity index (χ2v) is 5.76. The Bertz CT molecular complexity index is 698. The standard InChI is InChI=1S/C20H21F2NO2/c1-2-11-25-15-19(24)14-23(12-16-7-9-18(21)10-8-16)13-17-5-3-4-6-20(17)22/h1,3-10,19,24H,11-15H2. The largest absolute Gasteiger partial charge is 0.389 e. The molecule has 132 valence electrons. The molecular weight excluding hydrogens is 324 g/mol. The van der Waals surface area contributed by atoms with Gasteiger partial charge in [-0.05, 0) is 23.8 Å². The van der Waals surface area contributed by atoms with Gasteiger partial charge in [0, 0.05) is 25.2 Å². The third kappa shape index (κ3) is 6.63. The molecule has 0 bridgehead atoms. The van der Waals surface area contributed by atoms with Gasteiger partial charge in [-0.3, -0.25) is 4.90 Å². The van der Waals surface area contributed by atoms with Crippen LogP contribution in [0.25, 0.3) is 0 Å². The van der Waals surface area contributed by atoms with Gasteiger partial charge in [-0.25, -0.2) is 8.78 Å². The minimum Gasteiger partial charge on any atom is -0.389 e. The van der Waals surface area contributed by atoms with Crippen LogP contribution in [-0.4, -0.2) is 35.9 Å². The van der Waals surface area contributed by atoms with E-state index in [0.717, 1.165) is 5.56 Å². The van der Waals surface area contributed by atoms with E-state index in [2.05, 4.69) is 5.92 Å². The highest BCUT2D eigenvalue weighted by Gasteiger charge is 2.15. The molecular formula is C20H21F2NO2. The molecule has 0 spiro atoms. The van der Waals surface area contributed by atoms with Gasteiger partial charge < -0.3 is 9.84 Å². The van der Waals surface area contributed by atoms with Crippen LogP contribution in [0.2, 0.25) is 0 Å². The molecule has 25 heavy (non-hydrogen) atoms. The summed E-state index contributed by atoms with van der Waals surface area (Å²) >= 11 is 0. The van der Waals surface area contributed by atoms with E-state index >= 15 is 0 Å². The van der Waals surface area contributed by atoms with Crippen molar-refractivity contribution in [2.45, 2.75) is 19.2 Å². The molecule has 2 rings (SSSR count). The van der Waals surface area contributed by atoms with Crippen LogP contribution in [0.3, 0.4) is 0 Å². The predicted octanol–water partition coefficient (Wildman–Crippen LogP) is 2.98. The monoisotopic (exact) mass is 345 g/mol. The Kier molecular flexibility index (Phi) is 7.55. The number of nitrogens with zero attached hydrogens (tertiary/aromatic N) is 1. The molecule has 3 nitrogen and oxygen atoms in total. The van der Waals surface area contributed by atoms with E-state index in [-0.39, 0.29) is 31.4 Å². The molecule has 0 aromatic heterocycles. The van der Waals surface area contributed by atoms with Crippen molar-refractivity contribution in [1.82, 2.24) is 4.90 Å². The Morgan fingerprint density at radius 3 is 2.48 bits per heavy atom. The molecule has 5 heteroatoms. The van der Waals surface area contributed by atoms with Crippen molar-refractivity contribution in [3.05, 3.63) is 71.3 Å². The lowest BCUT2D eigenvalue weighted by Crippen LogP contribution is -2.34. The van der Waals surface area contributed by atoms with E-state index < -0.39 is 6.10 Å². The number of aliphatic hydroxyl groups is 1. The van der Waals surface area contributed by atoms with Gasteiger partial charge in [0.25, 0.3) is 0 Å². The molecule has 0 amide bonds. The lowest BCUT2D eigenvalue weighted by molar-refractivity contribution is 0.0241. The van der Waals surface area contributed by atoms with Crippen LogP contribution in [0, 0.1) is 24.0 Å². The van der Waals surface area contributed by atoms with Crippen LogP contribution in [0.1, 0.15) is 11.1 Å². The van der Waals surface area contributed by atoms with E-state index in [1.807, 2.05) is 4.90 Å². The maximum Gasteiger partial charge on any atom is 0.127 e. The maximum absolute atomic E-state index is 13.9. The maximum atomic E-state index is 13.9. The van der Waals surface area contributed by atoms with Crippen molar-refractivity contribution in [3.8, 4) is 12.3 Å². The third-order valence-electron chi connectivity index (χ3n) is 3.64. The fraction of sp³-hybridized carbons (Fsp3) is 0.300. The molecule has 0 saturated heterocycles. The van der Waals surface area contributed by atoms with Crippen molar-refractivity contribution >= 4 is 0 Å². The first-order valence-corrected chi connectivity index (χ1v) is 7.98. The SMILES string of the molecule is C#CCOCC(O)CN(Cc1ccc(F)cc1)Cc1ccccc1F. The average Bonchev–Trinajstić information content (AvgIpc) is 2.59. The summed E-state index contributed by atoms with van der Waals surface area (Å²) < 4.78 is 32.2. The van der Waals surface area contributed by atoms with Crippen LogP contribution in [0.4, 0.5) is 8.78 Å². The van der Waals surface area contributed by atoms with Crippen molar-refractivity contribution in [3.63, 3.8) is 0 Å². The summed E-state index contributed by atoms with van der Waals surface area (Å²) in [5.74, 6) is 1.72. The number of ether oxygens (including phenoxy) is 1. The number of benzene rings is 2. The number of rotatable bonds is 9. The van der Waals surface area contributed by atoms with Crippen LogP contribution in [0.15, 0.2) is 48.5 Å². The van der Waals surface area contributed by atoms with E-state index in [9.17, 15) is 13.9 Å². The van der Waals surface area contributed by atoms with Gasteiger partial charge in [-0.1, -0.05) is 36.3 Å². The molecule has 0 aliphatic heterocycles. The van der Waals surface area contributed by atoms with Gasteiger partial charge in [0.1, 0.15) is 18.2 Å². The molecule has 2 aromatic rings. The third-order valence-corrected chi connectivity index (χ3v) is 3.64. The summed E-state index contributed by atoms with van der Waals surface area (Å²) in [6.45, 7) is 1.26. The lowest BCUT2D eigenvalue weighted by Gasteiger charge is -2.25. The molecule has 0 saturated carbocycles. The lowest BCUT2D eigenvalue weighted by atomic mass is 10.1. The van der Waals surface area contributed by atoms with Gasteiger partial charge in [-0.2, -0.15) is 0 Å². The number of aliphatic hydroxyl groups excluding tert-OH is 1. The quantitative estimate of drug-likeness (QED) is 0.560. The Morgan fingerprint density at radius 1 is 1.08 bits per heavy atom. The zero-order valence-electron chi connectivity index (χ0n) is 13.9. The summed E-state index contributed by atoms with van der Waals surface area (Å²) in [7, 11) is 0. The first-order chi connectivity index (χ1) is 12.1. The summed E-state index contributed by atoms with van der Waals surface area (Å²) in [6.07, 6.45) is 4.35. The van der Waals surface area contributed by atoms with Gasteiger partial charge in [-0.15, -0.1) is 6.42 Å². The van der Waals surface area contributed by atoms with E-state index in [1.165, 1.54) is 18.2 Å². The normalized spacial score (nSPS) is 12.1. The molecule has 0 radical (unpaired) electrons. The second kappa shape index (κ2) is 9.90. The molecule has 1 atom stereocenters. The minimum absolute atomic E-state index is 0.0986. The summed E-state index contributed by atoms with van der Waals surface area (Å²) in [5.41, 5.74) is 1.40. The fourth-order valence-electron chi connectivity index (χ4n) is 2.51. The van der Waals surface area contributed by atoms with Crippen molar-refractivity contribution < 1.29 is 18.6 Å². The Labute approximate surface area is 146 Å². The first-order valence-electron chi connectivity index (χ1n) is 7.98. The van der Waals surface area contributed by atoms with Crippen LogP contribution < -0.4 is 0 Å². The van der Waals surface area contributed by atoms with Gasteiger partial charge >= 0.3 is 0 Å². The fourth-order valence-corrected chi connectivity index (χ4v) is 2.51. The highest BCUT2D eigenvalue weighted by atomic mass is 19.1. The van der Waals surface area contributed by atoms with E-state index in [0.29, 0.717) is 18.7 Å². The zero-order valence-corrected chi connectivity index (χ0v) is 13.9. The summed E-state index contributed by atoms with van der Waals surface area (Å²) in [6, 6.07) is 12.6. The summed E-state index contributed by atoms with van der Waals surface area (Å²) in [5, 5.41) is 10.1. The van der Waals surface area contributed by atoms with E-state index in [1.54, 1.807) is 30.3 Å². The van der Waals surface area contributed by atoms with Gasteiger partial charge in [0.2, 0.25) is 0 Å². The number of halogens is 2. The number of terminal acetylenes is 1. The zero-order chi connectivity index (χ0) is 18.1. The average molecular weight is 345 g/mol. The number of hydrogen-bond acceptors (Lipinski definition) is 3. The smallest absolute Gasteiger partial charge is 0.127 e. The molecule has 1 unspecified atom stereocenters. The van der Waals surface area contributed by atoms with Crippen LogP contribution in [-0.2, 0) is 17.8 Å². The number of hydrogen-bond donors (Lipinski definition) is 1. The highest BCUT2D eigenvalue weighted by molar-refractivity contribution is 5.19. The second-order valence-electron chi connectivity index (χ2n) is 5.76. The molecule has 0 aliphatic carbocycles. The summed E-state index contributed by atoms with van der Waals surface area (Å²) in [4.78, 5) is 1.88. The van der Waals surface area contributed by atoms with Crippen molar-refractivity contribution in [2.24, 2.45) is 0 Å². The van der Waals surface area contributed by atoms with Crippen LogP contribution in [0.5, 0.6) is 0 Å². The topological polar surface area (TPSA) is 32.7 Å². The van der Waals surface area contributed by atoms with Crippen molar-refractivity contribution in [1.29, 1.82) is 0 Å². The molecule has 2 aromatic carbocycles. The Morgan fingerprint density at radius 2 is 1.80 bits per heavy atom. The predicted molar refractivity (Wildman–Crippen MR) is 92.6 cm³/mol. The molecule has 0 aliphatic rings. The van der Waals surface area contributed by atoms with E-state index in [4.69, 9.17) is 11.2 Å². The van der Waals surface area contributed by atoms with Gasteiger partial charge in [0.15, 0.2) is 0 Å². The molecule has 0 fully saturated rings. The van der Waals surface area contributed by atoms with Crippen LogP contribution >= 0.6 is 0 Å².